The maximum absolute atomic E-state index is 12.5. The summed E-state index contributed by atoms with van der Waals surface area (Å²) < 4.78 is 7.32. The van der Waals surface area contributed by atoms with Gasteiger partial charge in [-0.25, -0.2) is 4.79 Å². The van der Waals surface area contributed by atoms with Crippen molar-refractivity contribution in [2.45, 2.75) is 58.0 Å². The molecule has 0 bridgehead atoms. The molecule has 0 spiro atoms. The molecule has 134 valence electrons. The van der Waals surface area contributed by atoms with Crippen LogP contribution in [-0.4, -0.2) is 43.4 Å². The first-order valence-electron chi connectivity index (χ1n) is 9.01. The number of hydrogen-bond acceptors (Lipinski definition) is 5. The van der Waals surface area contributed by atoms with Crippen molar-refractivity contribution in [2.75, 3.05) is 6.54 Å². The summed E-state index contributed by atoms with van der Waals surface area (Å²) in [6.45, 7) is 5.28. The number of amides is 2. The van der Waals surface area contributed by atoms with E-state index in [1.807, 2.05) is 23.6 Å². The second kappa shape index (κ2) is 6.16. The molecule has 1 aliphatic heterocycles. The fourth-order valence-corrected chi connectivity index (χ4v) is 3.18. The number of urea groups is 1. The number of aromatic nitrogens is 4. The maximum atomic E-state index is 12.5. The largest absolute Gasteiger partial charge is 0.336 e. The third kappa shape index (κ3) is 3.01. The van der Waals surface area contributed by atoms with Crippen LogP contribution < -0.4 is 5.32 Å². The highest BCUT2D eigenvalue weighted by Gasteiger charge is 2.32. The molecule has 4 rings (SSSR count). The van der Waals surface area contributed by atoms with E-state index >= 15 is 0 Å². The van der Waals surface area contributed by atoms with E-state index < -0.39 is 0 Å². The highest BCUT2D eigenvalue weighted by atomic mass is 16.5. The van der Waals surface area contributed by atoms with Gasteiger partial charge in [-0.3, -0.25) is 4.68 Å². The summed E-state index contributed by atoms with van der Waals surface area (Å²) in [6, 6.07) is 0.137. The standard InChI is InChI=1S/C17H24N6O2/c1-4-10(2)18-17(24)23-8-7-13-12(9-23)14(20-22(13)3)16-19-15(21-25-16)11-5-6-11/h10-11H,4-9H2,1-3H3,(H,18,24)/t10-/m0/s1. The lowest BCUT2D eigenvalue weighted by atomic mass is 10.1. The number of nitrogens with zero attached hydrogens (tertiary/aromatic N) is 5. The van der Waals surface area contributed by atoms with Gasteiger partial charge in [0.05, 0.1) is 6.54 Å². The van der Waals surface area contributed by atoms with E-state index in [-0.39, 0.29) is 12.1 Å². The van der Waals surface area contributed by atoms with Crippen molar-refractivity contribution in [3.63, 3.8) is 0 Å². The number of aryl methyl sites for hydroxylation is 1. The predicted octanol–water partition coefficient (Wildman–Crippen LogP) is 2.21. The van der Waals surface area contributed by atoms with Crippen molar-refractivity contribution < 1.29 is 9.32 Å². The first-order valence-corrected chi connectivity index (χ1v) is 9.01. The van der Waals surface area contributed by atoms with Crippen molar-refractivity contribution in [2.24, 2.45) is 7.05 Å². The molecule has 2 aromatic heterocycles. The Balaban J connectivity index is 1.59. The summed E-state index contributed by atoms with van der Waals surface area (Å²) in [6.07, 6.45) is 3.94. The van der Waals surface area contributed by atoms with Crippen LogP contribution >= 0.6 is 0 Å². The zero-order valence-corrected chi connectivity index (χ0v) is 14.9. The minimum absolute atomic E-state index is 0.0287. The maximum Gasteiger partial charge on any atom is 0.317 e. The van der Waals surface area contributed by atoms with Gasteiger partial charge in [0.2, 0.25) is 0 Å². The molecule has 8 nitrogen and oxygen atoms in total. The average molecular weight is 344 g/mol. The molecular formula is C17H24N6O2. The zero-order valence-electron chi connectivity index (χ0n) is 14.9. The number of nitrogens with one attached hydrogen (secondary N) is 1. The normalized spacial score (nSPS) is 18.1. The third-order valence-corrected chi connectivity index (χ3v) is 5.10. The molecule has 0 aromatic carbocycles. The molecule has 0 radical (unpaired) electrons. The van der Waals surface area contributed by atoms with Gasteiger partial charge in [0.1, 0.15) is 0 Å². The van der Waals surface area contributed by atoms with Crippen LogP contribution in [0.1, 0.15) is 56.1 Å². The average Bonchev–Trinajstić information content (AvgIpc) is 3.26. The van der Waals surface area contributed by atoms with Crippen LogP contribution in [0.2, 0.25) is 0 Å². The molecule has 2 aliphatic rings. The number of rotatable bonds is 4. The van der Waals surface area contributed by atoms with Crippen LogP contribution in [0.15, 0.2) is 4.52 Å². The van der Waals surface area contributed by atoms with Crippen LogP contribution in [0.5, 0.6) is 0 Å². The summed E-state index contributed by atoms with van der Waals surface area (Å²) in [7, 11) is 1.93. The number of hydrogen-bond donors (Lipinski definition) is 1. The van der Waals surface area contributed by atoms with Gasteiger partial charge in [-0.2, -0.15) is 10.1 Å². The number of carbonyl (C=O) groups excluding carboxylic acids is 1. The lowest BCUT2D eigenvalue weighted by Gasteiger charge is -2.28. The summed E-state index contributed by atoms with van der Waals surface area (Å²) in [4.78, 5) is 18.8. The molecule has 8 heteroatoms. The van der Waals surface area contributed by atoms with E-state index in [0.717, 1.165) is 42.8 Å². The lowest BCUT2D eigenvalue weighted by molar-refractivity contribution is 0.188. The molecule has 1 atom stereocenters. The van der Waals surface area contributed by atoms with Crippen LogP contribution in [-0.2, 0) is 20.0 Å². The van der Waals surface area contributed by atoms with Crippen molar-refractivity contribution in [1.82, 2.24) is 30.1 Å². The van der Waals surface area contributed by atoms with Crippen LogP contribution in [0.4, 0.5) is 4.79 Å². The van der Waals surface area contributed by atoms with E-state index in [0.29, 0.717) is 30.6 Å². The highest BCUT2D eigenvalue weighted by Crippen LogP contribution is 2.39. The fraction of sp³-hybridized carbons (Fsp3) is 0.647. The lowest BCUT2D eigenvalue weighted by Crippen LogP contribution is -2.45. The minimum Gasteiger partial charge on any atom is -0.336 e. The zero-order chi connectivity index (χ0) is 17.6. The number of fused-ring (bicyclic) bond motifs is 1. The van der Waals surface area contributed by atoms with Crippen molar-refractivity contribution in [3.05, 3.63) is 17.1 Å². The SMILES string of the molecule is CC[C@H](C)NC(=O)N1CCc2c(c(-c3nc(C4CC4)no3)nn2C)C1. The van der Waals surface area contributed by atoms with E-state index in [4.69, 9.17) is 4.52 Å². The fourth-order valence-electron chi connectivity index (χ4n) is 3.18. The van der Waals surface area contributed by atoms with Gasteiger partial charge in [0, 0.05) is 43.2 Å². The molecule has 3 heterocycles. The van der Waals surface area contributed by atoms with Gasteiger partial charge in [0.15, 0.2) is 11.5 Å². The first-order chi connectivity index (χ1) is 12.1. The minimum atomic E-state index is -0.0287. The molecule has 2 aromatic rings. The van der Waals surface area contributed by atoms with Crippen molar-refractivity contribution in [1.29, 1.82) is 0 Å². The summed E-state index contributed by atoms with van der Waals surface area (Å²) >= 11 is 0. The Morgan fingerprint density at radius 1 is 1.44 bits per heavy atom. The van der Waals surface area contributed by atoms with E-state index in [1.165, 1.54) is 0 Å². The molecule has 2 amide bonds. The first kappa shape index (κ1) is 16.1. The van der Waals surface area contributed by atoms with Gasteiger partial charge in [-0.05, 0) is 26.2 Å². The Kier molecular flexibility index (Phi) is 3.97. The topological polar surface area (TPSA) is 89.1 Å². The van der Waals surface area contributed by atoms with Crippen LogP contribution in [0, 0.1) is 0 Å². The molecule has 1 N–H and O–H groups in total. The van der Waals surface area contributed by atoms with Crippen LogP contribution in [0.3, 0.4) is 0 Å². The van der Waals surface area contributed by atoms with Crippen molar-refractivity contribution >= 4 is 6.03 Å². The Morgan fingerprint density at radius 3 is 2.96 bits per heavy atom. The molecule has 1 saturated carbocycles. The summed E-state index contributed by atoms with van der Waals surface area (Å²) in [5, 5.41) is 11.7. The molecule has 0 unspecified atom stereocenters. The van der Waals surface area contributed by atoms with E-state index in [2.05, 4.69) is 27.5 Å². The predicted molar refractivity (Wildman–Crippen MR) is 90.9 cm³/mol. The second-order valence-corrected chi connectivity index (χ2v) is 7.06. The number of carbonyl (C=O) groups is 1. The molecule has 0 saturated heterocycles. The Labute approximate surface area is 146 Å². The second-order valence-electron chi connectivity index (χ2n) is 7.06. The Morgan fingerprint density at radius 2 is 2.24 bits per heavy atom. The molecule has 1 aliphatic carbocycles. The smallest absolute Gasteiger partial charge is 0.317 e. The molecule has 1 fully saturated rings. The van der Waals surface area contributed by atoms with Gasteiger partial charge >= 0.3 is 6.03 Å². The quantitative estimate of drug-likeness (QED) is 0.918. The third-order valence-electron chi connectivity index (χ3n) is 5.10. The van der Waals surface area contributed by atoms with Crippen LogP contribution in [0.25, 0.3) is 11.6 Å². The molecule has 25 heavy (non-hydrogen) atoms. The molecular weight excluding hydrogens is 320 g/mol. The van der Waals surface area contributed by atoms with E-state index in [1.54, 1.807) is 0 Å². The Hall–Kier alpha value is -2.38. The van der Waals surface area contributed by atoms with Gasteiger partial charge in [-0.1, -0.05) is 12.1 Å². The van der Waals surface area contributed by atoms with Crippen molar-refractivity contribution in [3.8, 4) is 11.6 Å². The summed E-state index contributed by atoms with van der Waals surface area (Å²) in [5.41, 5.74) is 2.85. The Bertz CT molecular complexity index is 791. The monoisotopic (exact) mass is 344 g/mol. The van der Waals surface area contributed by atoms with E-state index in [9.17, 15) is 4.79 Å². The van der Waals surface area contributed by atoms with Gasteiger partial charge < -0.3 is 14.7 Å². The highest BCUT2D eigenvalue weighted by molar-refractivity contribution is 5.75. The summed E-state index contributed by atoms with van der Waals surface area (Å²) in [5.74, 6) is 1.68. The van der Waals surface area contributed by atoms with Gasteiger partial charge in [0.25, 0.3) is 5.89 Å². The van der Waals surface area contributed by atoms with Gasteiger partial charge in [-0.15, -0.1) is 0 Å².